The number of rotatable bonds is 3. The molecule has 1 aromatic heterocycles. The number of aromatic nitrogens is 2. The first-order valence-electron chi connectivity index (χ1n) is 8.09. The minimum absolute atomic E-state index is 0.0481. The van der Waals surface area contributed by atoms with E-state index in [1.54, 1.807) is 0 Å². The van der Waals surface area contributed by atoms with Gasteiger partial charge in [-0.15, -0.1) is 0 Å². The highest BCUT2D eigenvalue weighted by molar-refractivity contribution is 7.99. The van der Waals surface area contributed by atoms with Gasteiger partial charge in [-0.3, -0.25) is 4.79 Å². The highest BCUT2D eigenvalue weighted by Crippen LogP contribution is 2.38. The van der Waals surface area contributed by atoms with Crippen LogP contribution in [0.5, 0.6) is 0 Å². The first-order chi connectivity index (χ1) is 13.2. The van der Waals surface area contributed by atoms with E-state index >= 15 is 0 Å². The van der Waals surface area contributed by atoms with E-state index in [-0.39, 0.29) is 39.7 Å². The molecule has 0 N–H and O–H groups in total. The minimum Gasteiger partial charge on any atom is -0.343 e. The lowest BCUT2D eigenvalue weighted by atomic mass is 10.1. The molecule has 28 heavy (non-hydrogen) atoms. The Morgan fingerprint density at radius 3 is 2.64 bits per heavy atom. The van der Waals surface area contributed by atoms with Crippen molar-refractivity contribution in [2.24, 2.45) is 0 Å². The molecule has 0 radical (unpaired) electrons. The van der Waals surface area contributed by atoms with Crippen LogP contribution < -0.4 is 0 Å². The zero-order chi connectivity index (χ0) is 20.1. The van der Waals surface area contributed by atoms with E-state index in [9.17, 15) is 18.0 Å². The number of Topliss-reactive ketones (excluding diaryl/α,β-unsaturated/α-hetero) is 1. The number of carbonyl (C=O) groups is 1. The van der Waals surface area contributed by atoms with E-state index < -0.39 is 29.5 Å². The van der Waals surface area contributed by atoms with Gasteiger partial charge in [-0.05, 0) is 18.2 Å². The molecule has 0 saturated carbocycles. The molecule has 148 valence electrons. The summed E-state index contributed by atoms with van der Waals surface area (Å²) in [4.78, 5) is 19.8. The van der Waals surface area contributed by atoms with Crippen LogP contribution in [0.3, 0.4) is 0 Å². The second-order valence-electron chi connectivity index (χ2n) is 6.21. The number of benzene rings is 1. The molecule has 3 heterocycles. The minimum atomic E-state index is -4.66. The maximum Gasteiger partial charge on any atom is 0.433 e. The quantitative estimate of drug-likeness (QED) is 0.634. The van der Waals surface area contributed by atoms with Crippen LogP contribution in [0.4, 0.5) is 13.2 Å². The lowest BCUT2D eigenvalue weighted by Gasteiger charge is -2.25. The SMILES string of the molecule is O=C1C[C@@H](Sc2nc(-c3ccc(Cl)c(Cl)c3)cc(C(F)(F)F)n2)[C@@H]2CO[C@H]1O2. The molecule has 0 unspecified atom stereocenters. The van der Waals surface area contributed by atoms with Crippen molar-refractivity contribution in [3.63, 3.8) is 0 Å². The summed E-state index contributed by atoms with van der Waals surface area (Å²) in [6.45, 7) is 0.201. The van der Waals surface area contributed by atoms with Crippen molar-refractivity contribution in [2.45, 2.75) is 35.4 Å². The molecule has 3 atom stereocenters. The molecule has 4 rings (SSSR count). The number of hydrogen-bond donors (Lipinski definition) is 0. The summed E-state index contributed by atoms with van der Waals surface area (Å²) in [5, 5.41) is -0.0706. The number of halogens is 5. The molecule has 2 aromatic rings. The molecule has 0 aliphatic carbocycles. The van der Waals surface area contributed by atoms with Gasteiger partial charge in [0.2, 0.25) is 6.29 Å². The number of ketones is 1. The Labute approximate surface area is 171 Å². The molecule has 0 amide bonds. The fraction of sp³-hybridized carbons (Fsp3) is 0.353. The van der Waals surface area contributed by atoms with Crippen LogP contribution in [-0.2, 0) is 20.4 Å². The van der Waals surface area contributed by atoms with Gasteiger partial charge in [-0.1, -0.05) is 41.0 Å². The van der Waals surface area contributed by atoms with Crippen molar-refractivity contribution in [2.75, 3.05) is 6.61 Å². The number of ether oxygens (including phenoxy) is 2. The summed E-state index contributed by atoms with van der Waals surface area (Å²) < 4.78 is 50.7. The molecule has 2 aliphatic rings. The van der Waals surface area contributed by atoms with Crippen LogP contribution in [0.1, 0.15) is 12.1 Å². The Morgan fingerprint density at radius 2 is 1.93 bits per heavy atom. The monoisotopic (exact) mass is 450 g/mol. The molecular weight excluding hydrogens is 440 g/mol. The summed E-state index contributed by atoms with van der Waals surface area (Å²) in [5.74, 6) is -0.247. The van der Waals surface area contributed by atoms with Gasteiger partial charge >= 0.3 is 6.18 Å². The van der Waals surface area contributed by atoms with Crippen LogP contribution in [-0.4, -0.2) is 40.0 Å². The Bertz CT molecular complexity index is 944. The van der Waals surface area contributed by atoms with Crippen molar-refractivity contribution >= 4 is 40.7 Å². The van der Waals surface area contributed by atoms with Crippen molar-refractivity contribution in [3.8, 4) is 11.3 Å². The van der Waals surface area contributed by atoms with E-state index in [1.165, 1.54) is 18.2 Å². The number of nitrogens with zero attached hydrogens (tertiary/aromatic N) is 2. The normalized spacial score (nSPS) is 24.6. The fourth-order valence-electron chi connectivity index (χ4n) is 2.89. The van der Waals surface area contributed by atoms with Gasteiger partial charge in [0, 0.05) is 17.2 Å². The zero-order valence-corrected chi connectivity index (χ0v) is 16.2. The molecule has 2 aliphatic heterocycles. The standard InChI is InChI=1S/C17H11Cl2F3N2O3S/c18-8-2-1-7(3-9(8)19)10-4-14(17(20,21)22)24-16(23-10)28-13-5-11(25)15-26-6-12(13)27-15/h1-4,12-13,15H,5-6H2/t12-,13+,15-/m0/s1. The van der Waals surface area contributed by atoms with Crippen LogP contribution in [0.2, 0.25) is 10.0 Å². The average molecular weight is 451 g/mol. The highest BCUT2D eigenvalue weighted by atomic mass is 35.5. The van der Waals surface area contributed by atoms with Crippen LogP contribution in [0.25, 0.3) is 11.3 Å². The van der Waals surface area contributed by atoms with Crippen LogP contribution in [0, 0.1) is 0 Å². The van der Waals surface area contributed by atoms with Crippen molar-refractivity contribution in [3.05, 3.63) is 40.0 Å². The highest BCUT2D eigenvalue weighted by Gasteiger charge is 2.44. The first-order valence-corrected chi connectivity index (χ1v) is 9.72. The maximum absolute atomic E-state index is 13.4. The number of thioether (sulfide) groups is 1. The Morgan fingerprint density at radius 1 is 1.14 bits per heavy atom. The first kappa shape index (κ1) is 19.9. The molecule has 2 fully saturated rings. The summed E-state index contributed by atoms with van der Waals surface area (Å²) in [6, 6.07) is 5.28. The zero-order valence-electron chi connectivity index (χ0n) is 13.9. The molecule has 2 bridgehead atoms. The summed E-state index contributed by atoms with van der Waals surface area (Å²) >= 11 is 12.8. The molecule has 2 saturated heterocycles. The van der Waals surface area contributed by atoms with E-state index in [1.807, 2.05) is 0 Å². The molecule has 1 aromatic carbocycles. The van der Waals surface area contributed by atoms with Crippen molar-refractivity contribution in [1.82, 2.24) is 9.97 Å². The smallest absolute Gasteiger partial charge is 0.343 e. The maximum atomic E-state index is 13.4. The van der Waals surface area contributed by atoms with E-state index in [0.29, 0.717) is 5.56 Å². The van der Waals surface area contributed by atoms with Gasteiger partial charge < -0.3 is 9.47 Å². The Kier molecular flexibility index (Phi) is 5.30. The van der Waals surface area contributed by atoms with Crippen LogP contribution >= 0.6 is 35.0 Å². The molecule has 11 heteroatoms. The Hall–Kier alpha value is -1.39. The largest absolute Gasteiger partial charge is 0.433 e. The van der Waals surface area contributed by atoms with Gasteiger partial charge in [0.05, 0.1) is 28.5 Å². The Balaban J connectivity index is 1.70. The molecule has 5 nitrogen and oxygen atoms in total. The predicted octanol–water partition coefficient (Wildman–Crippen LogP) is 4.64. The third kappa shape index (κ3) is 3.99. The van der Waals surface area contributed by atoms with Gasteiger partial charge in [0.1, 0.15) is 5.69 Å². The second-order valence-corrected chi connectivity index (χ2v) is 8.23. The summed E-state index contributed by atoms with van der Waals surface area (Å²) in [7, 11) is 0. The van der Waals surface area contributed by atoms with Crippen molar-refractivity contribution in [1.29, 1.82) is 0 Å². The number of alkyl halides is 3. The average Bonchev–Trinajstić information content (AvgIpc) is 3.07. The van der Waals surface area contributed by atoms with Gasteiger partial charge in [-0.25, -0.2) is 9.97 Å². The van der Waals surface area contributed by atoms with E-state index in [0.717, 1.165) is 17.8 Å². The number of carbonyl (C=O) groups excluding carboxylic acids is 1. The lowest BCUT2D eigenvalue weighted by Crippen LogP contribution is -2.37. The van der Waals surface area contributed by atoms with Gasteiger partial charge in [0.15, 0.2) is 10.9 Å². The third-order valence-electron chi connectivity index (χ3n) is 4.26. The van der Waals surface area contributed by atoms with E-state index in [2.05, 4.69) is 9.97 Å². The lowest BCUT2D eigenvalue weighted by molar-refractivity contribution is -0.151. The molecule has 0 spiro atoms. The van der Waals surface area contributed by atoms with Gasteiger partial charge in [0.25, 0.3) is 0 Å². The molecular formula is C17H11Cl2F3N2O3S. The summed E-state index contributed by atoms with van der Waals surface area (Å²) in [5.41, 5.74) is -0.675. The van der Waals surface area contributed by atoms with E-state index in [4.69, 9.17) is 32.7 Å². The number of hydrogen-bond acceptors (Lipinski definition) is 6. The summed E-state index contributed by atoms with van der Waals surface area (Å²) in [6.07, 6.45) is -5.83. The number of fused-ring (bicyclic) bond motifs is 2. The third-order valence-corrected chi connectivity index (χ3v) is 6.16. The van der Waals surface area contributed by atoms with Crippen molar-refractivity contribution < 1.29 is 27.4 Å². The van der Waals surface area contributed by atoms with Crippen LogP contribution in [0.15, 0.2) is 29.4 Å². The predicted molar refractivity (Wildman–Crippen MR) is 96.4 cm³/mol. The topological polar surface area (TPSA) is 61.3 Å². The second kappa shape index (κ2) is 7.46. The van der Waals surface area contributed by atoms with Gasteiger partial charge in [-0.2, -0.15) is 13.2 Å². The fourth-order valence-corrected chi connectivity index (χ4v) is 4.30.